The Morgan fingerprint density at radius 3 is 2.67 bits per heavy atom. The van der Waals surface area contributed by atoms with Crippen molar-refractivity contribution in [3.8, 4) is 17.1 Å². The van der Waals surface area contributed by atoms with E-state index in [9.17, 15) is 4.79 Å². The van der Waals surface area contributed by atoms with E-state index < -0.39 is 0 Å². The number of fused-ring (bicyclic) bond motifs is 1. The number of furan rings is 1. The molecule has 4 nitrogen and oxygen atoms in total. The van der Waals surface area contributed by atoms with E-state index in [1.165, 1.54) is 0 Å². The molecule has 4 rings (SSSR count). The second-order valence-electron chi connectivity index (χ2n) is 4.82. The summed E-state index contributed by atoms with van der Waals surface area (Å²) >= 11 is 0. The second kappa shape index (κ2) is 4.52. The number of benzene rings is 2. The van der Waals surface area contributed by atoms with Gasteiger partial charge in [0.25, 0.3) is 5.56 Å². The summed E-state index contributed by atoms with van der Waals surface area (Å²) in [6.07, 6.45) is 1.59. The molecule has 0 unspecified atom stereocenters. The Bertz CT molecular complexity index is 957. The van der Waals surface area contributed by atoms with Crippen molar-refractivity contribution >= 4 is 10.8 Å². The van der Waals surface area contributed by atoms with Gasteiger partial charge in [-0.25, -0.2) is 4.68 Å². The van der Waals surface area contributed by atoms with Crippen LogP contribution in [0.3, 0.4) is 0 Å². The number of hydrogen-bond donors (Lipinski definition) is 1. The molecule has 0 spiro atoms. The molecule has 0 saturated heterocycles. The Balaban J connectivity index is 1.96. The lowest BCUT2D eigenvalue weighted by atomic mass is 10.1. The number of H-pyrrole nitrogens is 1. The van der Waals surface area contributed by atoms with Gasteiger partial charge in [-0.05, 0) is 23.6 Å². The minimum absolute atomic E-state index is 0.113. The summed E-state index contributed by atoms with van der Waals surface area (Å²) in [4.78, 5) is 12.3. The van der Waals surface area contributed by atoms with E-state index in [-0.39, 0.29) is 5.56 Å². The standard InChI is InChI=1S/C17H12N2O2/c20-17-11-14(16-9-4-10-21-16)18-19(17)15-8-3-6-12-5-1-2-7-13(12)15/h1-11,18H. The van der Waals surface area contributed by atoms with E-state index >= 15 is 0 Å². The normalized spacial score (nSPS) is 11.0. The zero-order chi connectivity index (χ0) is 14.2. The summed E-state index contributed by atoms with van der Waals surface area (Å²) < 4.78 is 6.87. The summed E-state index contributed by atoms with van der Waals surface area (Å²) in [7, 11) is 0. The van der Waals surface area contributed by atoms with Crippen LogP contribution in [0.5, 0.6) is 0 Å². The van der Waals surface area contributed by atoms with Crippen LogP contribution in [0.4, 0.5) is 0 Å². The third kappa shape index (κ3) is 1.89. The van der Waals surface area contributed by atoms with Crippen LogP contribution in [0.15, 0.2) is 76.1 Å². The molecule has 1 N–H and O–H groups in total. The Labute approximate surface area is 120 Å². The summed E-state index contributed by atoms with van der Waals surface area (Å²) in [6, 6.07) is 19.0. The number of aromatic nitrogens is 2. The Morgan fingerprint density at radius 2 is 1.81 bits per heavy atom. The number of nitrogens with one attached hydrogen (secondary N) is 1. The molecule has 0 saturated carbocycles. The predicted molar refractivity (Wildman–Crippen MR) is 81.6 cm³/mol. The van der Waals surface area contributed by atoms with Gasteiger partial charge in [-0.1, -0.05) is 36.4 Å². The van der Waals surface area contributed by atoms with E-state index in [4.69, 9.17) is 4.42 Å². The maximum atomic E-state index is 12.3. The maximum Gasteiger partial charge on any atom is 0.271 e. The van der Waals surface area contributed by atoms with Crippen molar-refractivity contribution < 1.29 is 4.42 Å². The highest BCUT2D eigenvalue weighted by atomic mass is 16.3. The summed E-state index contributed by atoms with van der Waals surface area (Å²) in [5.41, 5.74) is 1.38. The highest BCUT2D eigenvalue weighted by molar-refractivity contribution is 5.90. The maximum absolute atomic E-state index is 12.3. The minimum atomic E-state index is -0.113. The lowest BCUT2D eigenvalue weighted by molar-refractivity contribution is 0.579. The molecule has 0 radical (unpaired) electrons. The van der Waals surface area contributed by atoms with Gasteiger partial charge in [-0.3, -0.25) is 9.89 Å². The second-order valence-corrected chi connectivity index (χ2v) is 4.82. The zero-order valence-electron chi connectivity index (χ0n) is 11.1. The van der Waals surface area contributed by atoms with Crippen molar-refractivity contribution in [1.82, 2.24) is 9.78 Å². The molecule has 4 aromatic rings. The average molecular weight is 276 g/mol. The van der Waals surface area contributed by atoms with E-state index in [1.54, 1.807) is 23.1 Å². The fourth-order valence-electron chi connectivity index (χ4n) is 2.54. The third-order valence-corrected chi connectivity index (χ3v) is 3.51. The van der Waals surface area contributed by atoms with Crippen LogP contribution in [-0.2, 0) is 0 Å². The van der Waals surface area contributed by atoms with Gasteiger partial charge in [0.15, 0.2) is 5.76 Å². The first-order valence-electron chi connectivity index (χ1n) is 6.67. The van der Waals surface area contributed by atoms with Crippen molar-refractivity contribution in [2.45, 2.75) is 0 Å². The van der Waals surface area contributed by atoms with Gasteiger partial charge in [0.2, 0.25) is 0 Å². The molecule has 0 aliphatic heterocycles. The Hall–Kier alpha value is -3.01. The molecular weight excluding hydrogens is 264 g/mol. The molecule has 0 bridgehead atoms. The average Bonchev–Trinajstić information content (AvgIpc) is 3.16. The summed E-state index contributed by atoms with van der Waals surface area (Å²) in [6.45, 7) is 0. The van der Waals surface area contributed by atoms with E-state index in [2.05, 4.69) is 5.10 Å². The predicted octanol–water partition coefficient (Wildman–Crippen LogP) is 3.58. The first-order chi connectivity index (χ1) is 10.3. The summed E-state index contributed by atoms with van der Waals surface area (Å²) in [5, 5.41) is 5.22. The molecule has 0 atom stereocenters. The zero-order valence-corrected chi connectivity index (χ0v) is 11.1. The largest absolute Gasteiger partial charge is 0.463 e. The Morgan fingerprint density at radius 1 is 0.952 bits per heavy atom. The van der Waals surface area contributed by atoms with Crippen LogP contribution in [0, 0.1) is 0 Å². The van der Waals surface area contributed by atoms with Gasteiger partial charge in [-0.2, -0.15) is 0 Å². The molecule has 2 heterocycles. The fourth-order valence-corrected chi connectivity index (χ4v) is 2.54. The summed E-state index contributed by atoms with van der Waals surface area (Å²) in [5.74, 6) is 0.645. The van der Waals surface area contributed by atoms with E-state index in [1.807, 2.05) is 48.5 Å². The van der Waals surface area contributed by atoms with Crippen LogP contribution in [0.1, 0.15) is 0 Å². The van der Waals surface area contributed by atoms with Crippen molar-refractivity contribution in [1.29, 1.82) is 0 Å². The van der Waals surface area contributed by atoms with Gasteiger partial charge < -0.3 is 4.42 Å². The number of nitrogens with zero attached hydrogens (tertiary/aromatic N) is 1. The van der Waals surface area contributed by atoms with Gasteiger partial charge in [0, 0.05) is 11.5 Å². The van der Waals surface area contributed by atoms with Crippen molar-refractivity contribution in [3.63, 3.8) is 0 Å². The van der Waals surface area contributed by atoms with Crippen LogP contribution in [0.25, 0.3) is 27.9 Å². The number of rotatable bonds is 2. The van der Waals surface area contributed by atoms with Gasteiger partial charge >= 0.3 is 0 Å². The van der Waals surface area contributed by atoms with Crippen LogP contribution in [0.2, 0.25) is 0 Å². The fraction of sp³-hybridized carbons (Fsp3) is 0. The van der Waals surface area contributed by atoms with Crippen LogP contribution in [-0.4, -0.2) is 9.78 Å². The molecule has 102 valence electrons. The first kappa shape index (κ1) is 11.8. The molecule has 21 heavy (non-hydrogen) atoms. The molecule has 2 aromatic heterocycles. The SMILES string of the molecule is O=c1cc(-c2ccco2)[nH]n1-c1cccc2ccccc12. The molecule has 0 amide bonds. The molecule has 2 aromatic carbocycles. The lowest BCUT2D eigenvalue weighted by Gasteiger charge is -2.06. The van der Waals surface area contributed by atoms with Gasteiger partial charge in [0.05, 0.1) is 12.0 Å². The third-order valence-electron chi connectivity index (χ3n) is 3.51. The van der Waals surface area contributed by atoms with E-state index in [0.717, 1.165) is 16.5 Å². The first-order valence-corrected chi connectivity index (χ1v) is 6.67. The highest BCUT2D eigenvalue weighted by Crippen LogP contribution is 2.22. The molecule has 0 aliphatic rings. The molecule has 0 aliphatic carbocycles. The van der Waals surface area contributed by atoms with Crippen molar-refractivity contribution in [2.24, 2.45) is 0 Å². The van der Waals surface area contributed by atoms with Crippen molar-refractivity contribution in [3.05, 3.63) is 77.3 Å². The van der Waals surface area contributed by atoms with Gasteiger partial charge in [-0.15, -0.1) is 0 Å². The lowest BCUT2D eigenvalue weighted by Crippen LogP contribution is -2.13. The minimum Gasteiger partial charge on any atom is -0.463 e. The number of hydrogen-bond acceptors (Lipinski definition) is 2. The van der Waals surface area contributed by atoms with Gasteiger partial charge in [0.1, 0.15) is 5.69 Å². The van der Waals surface area contributed by atoms with E-state index in [0.29, 0.717) is 11.5 Å². The molecule has 4 heteroatoms. The van der Waals surface area contributed by atoms with Crippen LogP contribution >= 0.6 is 0 Å². The Kier molecular flexibility index (Phi) is 2.54. The topological polar surface area (TPSA) is 50.9 Å². The van der Waals surface area contributed by atoms with Crippen LogP contribution < -0.4 is 5.56 Å². The van der Waals surface area contributed by atoms with Crippen molar-refractivity contribution in [2.75, 3.05) is 0 Å². The monoisotopic (exact) mass is 276 g/mol. The molecular formula is C17H12N2O2. The highest BCUT2D eigenvalue weighted by Gasteiger charge is 2.10. The smallest absolute Gasteiger partial charge is 0.271 e. The molecule has 0 fully saturated rings. The quantitative estimate of drug-likeness (QED) is 0.608. The number of aromatic amines is 1.